The van der Waals surface area contributed by atoms with Gasteiger partial charge in [-0.05, 0) is 22.6 Å². The zero-order valence-electron chi connectivity index (χ0n) is 11.2. The molecule has 2 N–H and O–H groups in total. The molecule has 0 aliphatic rings. The van der Waals surface area contributed by atoms with Gasteiger partial charge in [0.25, 0.3) is 0 Å². The van der Waals surface area contributed by atoms with Crippen LogP contribution >= 0.6 is 0 Å². The van der Waals surface area contributed by atoms with E-state index in [1.165, 1.54) is 0 Å². The normalized spacial score (nSPS) is 11.7. The summed E-state index contributed by atoms with van der Waals surface area (Å²) in [4.78, 5) is 0. The van der Waals surface area contributed by atoms with Crippen molar-refractivity contribution in [2.24, 2.45) is 5.41 Å². The van der Waals surface area contributed by atoms with Crippen LogP contribution in [0.1, 0.15) is 19.7 Å². The van der Waals surface area contributed by atoms with Crippen molar-refractivity contribution in [2.45, 2.75) is 20.4 Å². The number of hydrogen-bond donors (Lipinski definition) is 2. The molecule has 19 heavy (non-hydrogen) atoms. The van der Waals surface area contributed by atoms with Crippen LogP contribution in [0.15, 0.2) is 30.3 Å². The fourth-order valence-electron chi connectivity index (χ4n) is 1.65. The van der Waals surface area contributed by atoms with Gasteiger partial charge in [-0.25, -0.2) is 0 Å². The lowest BCUT2D eigenvalue weighted by atomic mass is 9.95. The van der Waals surface area contributed by atoms with Crippen LogP contribution in [0, 0.1) is 5.41 Å². The third-order valence-corrected chi connectivity index (χ3v) is 2.85. The Morgan fingerprint density at radius 2 is 2.00 bits per heavy atom. The maximum absolute atomic E-state index is 9.20. The number of tetrazole rings is 1. The number of aliphatic hydroxyl groups is 1. The highest BCUT2D eigenvalue weighted by Crippen LogP contribution is 2.12. The lowest BCUT2D eigenvalue weighted by Crippen LogP contribution is -2.32. The van der Waals surface area contributed by atoms with Gasteiger partial charge >= 0.3 is 0 Å². The summed E-state index contributed by atoms with van der Waals surface area (Å²) in [5, 5.41) is 24.2. The summed E-state index contributed by atoms with van der Waals surface area (Å²) in [7, 11) is 0. The van der Waals surface area contributed by atoms with Gasteiger partial charge in [0.1, 0.15) is 0 Å². The lowest BCUT2D eigenvalue weighted by molar-refractivity contribution is 0.156. The van der Waals surface area contributed by atoms with Gasteiger partial charge in [0.05, 0.1) is 12.2 Å². The molecule has 2 rings (SSSR count). The molecule has 0 aliphatic carbocycles. The molecule has 0 unspecified atom stereocenters. The van der Waals surface area contributed by atoms with E-state index in [2.05, 4.69) is 20.8 Å². The Balaban J connectivity index is 2.01. The summed E-state index contributed by atoms with van der Waals surface area (Å²) in [6, 6.07) is 9.76. The van der Waals surface area contributed by atoms with E-state index in [0.29, 0.717) is 13.1 Å². The van der Waals surface area contributed by atoms with Crippen LogP contribution in [0.3, 0.4) is 0 Å². The van der Waals surface area contributed by atoms with Crippen molar-refractivity contribution in [3.63, 3.8) is 0 Å². The number of rotatable bonds is 6. The van der Waals surface area contributed by atoms with Gasteiger partial charge in [-0.3, -0.25) is 0 Å². The van der Waals surface area contributed by atoms with Crippen LogP contribution in [0.25, 0.3) is 5.69 Å². The smallest absolute Gasteiger partial charge is 0.170 e. The first-order valence-electron chi connectivity index (χ1n) is 6.27. The zero-order chi connectivity index (χ0) is 13.7. The van der Waals surface area contributed by atoms with Gasteiger partial charge in [0.2, 0.25) is 0 Å². The zero-order valence-corrected chi connectivity index (χ0v) is 11.2. The summed E-state index contributed by atoms with van der Waals surface area (Å²) < 4.78 is 1.71. The highest BCUT2D eigenvalue weighted by molar-refractivity contribution is 5.30. The lowest BCUT2D eigenvalue weighted by Gasteiger charge is -2.21. The number of nitrogens with one attached hydrogen (secondary N) is 1. The molecule has 0 fully saturated rings. The van der Waals surface area contributed by atoms with Crippen molar-refractivity contribution < 1.29 is 5.11 Å². The Morgan fingerprint density at radius 3 is 2.68 bits per heavy atom. The first-order chi connectivity index (χ1) is 9.12. The van der Waals surface area contributed by atoms with Gasteiger partial charge in [-0.1, -0.05) is 32.0 Å². The summed E-state index contributed by atoms with van der Waals surface area (Å²) >= 11 is 0. The SMILES string of the molecule is CC(C)(CO)CNCc1nnnn1-c1ccccc1. The van der Waals surface area contributed by atoms with E-state index in [-0.39, 0.29) is 12.0 Å². The Labute approximate surface area is 112 Å². The molecule has 6 heteroatoms. The summed E-state index contributed by atoms with van der Waals surface area (Å²) in [6.45, 7) is 5.40. The average molecular weight is 261 g/mol. The summed E-state index contributed by atoms with van der Waals surface area (Å²) in [5.74, 6) is 0.750. The Bertz CT molecular complexity index is 509. The molecule has 102 valence electrons. The average Bonchev–Trinajstić information content (AvgIpc) is 2.88. The number of aliphatic hydroxyl groups excluding tert-OH is 1. The van der Waals surface area contributed by atoms with Gasteiger partial charge < -0.3 is 10.4 Å². The van der Waals surface area contributed by atoms with Crippen LogP contribution in [0.5, 0.6) is 0 Å². The Kier molecular flexibility index (Phi) is 4.24. The second-order valence-electron chi connectivity index (χ2n) is 5.27. The molecule has 1 aromatic heterocycles. The van der Waals surface area contributed by atoms with Crippen molar-refractivity contribution in [1.82, 2.24) is 25.5 Å². The van der Waals surface area contributed by atoms with Crippen LogP contribution < -0.4 is 5.32 Å². The van der Waals surface area contributed by atoms with Gasteiger partial charge in [0.15, 0.2) is 5.82 Å². The minimum atomic E-state index is -0.148. The van der Waals surface area contributed by atoms with Crippen molar-refractivity contribution in [2.75, 3.05) is 13.2 Å². The molecule has 2 aromatic rings. The van der Waals surface area contributed by atoms with E-state index in [9.17, 15) is 5.11 Å². The van der Waals surface area contributed by atoms with Crippen molar-refractivity contribution in [3.05, 3.63) is 36.2 Å². The summed E-state index contributed by atoms with van der Waals surface area (Å²) in [6.07, 6.45) is 0. The van der Waals surface area contributed by atoms with E-state index in [1.807, 2.05) is 44.2 Å². The standard InChI is InChI=1S/C13H19N5O/c1-13(2,10-19)9-14-8-12-15-16-17-18(12)11-6-4-3-5-7-11/h3-7,14,19H,8-10H2,1-2H3. The molecule has 0 atom stereocenters. The minimum Gasteiger partial charge on any atom is -0.396 e. The molecule has 0 radical (unpaired) electrons. The molecule has 1 heterocycles. The van der Waals surface area contributed by atoms with E-state index in [1.54, 1.807) is 4.68 Å². The highest BCUT2D eigenvalue weighted by atomic mass is 16.3. The first kappa shape index (κ1) is 13.6. The topological polar surface area (TPSA) is 75.9 Å². The van der Waals surface area contributed by atoms with Gasteiger partial charge in [-0.15, -0.1) is 5.10 Å². The molecule has 1 aromatic carbocycles. The molecular weight excluding hydrogens is 242 g/mol. The molecule has 0 amide bonds. The fourth-order valence-corrected chi connectivity index (χ4v) is 1.65. The van der Waals surface area contributed by atoms with Crippen LogP contribution in [0.2, 0.25) is 0 Å². The van der Waals surface area contributed by atoms with E-state index in [0.717, 1.165) is 11.5 Å². The largest absolute Gasteiger partial charge is 0.396 e. The van der Waals surface area contributed by atoms with Gasteiger partial charge in [0, 0.05) is 18.6 Å². The number of benzene rings is 1. The van der Waals surface area contributed by atoms with Crippen LogP contribution in [-0.2, 0) is 6.54 Å². The fraction of sp³-hybridized carbons (Fsp3) is 0.462. The second kappa shape index (κ2) is 5.90. The predicted octanol–water partition coefficient (Wildman–Crippen LogP) is 0.770. The third kappa shape index (κ3) is 3.59. The molecular formula is C13H19N5O. The van der Waals surface area contributed by atoms with E-state index in [4.69, 9.17) is 0 Å². The van der Waals surface area contributed by atoms with Crippen molar-refractivity contribution in [3.8, 4) is 5.69 Å². The molecule has 0 saturated heterocycles. The molecule has 0 spiro atoms. The second-order valence-corrected chi connectivity index (χ2v) is 5.27. The number of hydrogen-bond acceptors (Lipinski definition) is 5. The Hall–Kier alpha value is -1.79. The van der Waals surface area contributed by atoms with Crippen molar-refractivity contribution >= 4 is 0 Å². The maximum atomic E-state index is 9.20. The summed E-state index contributed by atoms with van der Waals surface area (Å²) in [5.41, 5.74) is 0.788. The molecule has 0 bridgehead atoms. The Morgan fingerprint density at radius 1 is 1.26 bits per heavy atom. The molecule has 0 aliphatic heterocycles. The minimum absolute atomic E-state index is 0.142. The maximum Gasteiger partial charge on any atom is 0.170 e. The van der Waals surface area contributed by atoms with Crippen LogP contribution in [0.4, 0.5) is 0 Å². The number of para-hydroxylation sites is 1. The third-order valence-electron chi connectivity index (χ3n) is 2.85. The van der Waals surface area contributed by atoms with Crippen LogP contribution in [-0.4, -0.2) is 38.5 Å². The van der Waals surface area contributed by atoms with E-state index >= 15 is 0 Å². The predicted molar refractivity (Wildman–Crippen MR) is 71.7 cm³/mol. The molecule has 6 nitrogen and oxygen atoms in total. The number of aromatic nitrogens is 4. The quantitative estimate of drug-likeness (QED) is 0.803. The highest BCUT2D eigenvalue weighted by Gasteiger charge is 2.16. The number of nitrogens with zero attached hydrogens (tertiary/aromatic N) is 4. The molecule has 0 saturated carbocycles. The van der Waals surface area contributed by atoms with E-state index < -0.39 is 0 Å². The monoisotopic (exact) mass is 261 g/mol. The first-order valence-corrected chi connectivity index (χ1v) is 6.27. The van der Waals surface area contributed by atoms with Gasteiger partial charge in [-0.2, -0.15) is 4.68 Å². The van der Waals surface area contributed by atoms with Crippen molar-refractivity contribution in [1.29, 1.82) is 0 Å².